The Morgan fingerprint density at radius 1 is 1.33 bits per heavy atom. The fourth-order valence-corrected chi connectivity index (χ4v) is 1.09. The molecule has 1 rings (SSSR count). The van der Waals surface area contributed by atoms with Crippen LogP contribution in [0.15, 0.2) is 23.1 Å². The van der Waals surface area contributed by atoms with Crippen LogP contribution in [0.5, 0.6) is 0 Å². The van der Waals surface area contributed by atoms with Crippen LogP contribution in [0.1, 0.15) is 5.56 Å². The summed E-state index contributed by atoms with van der Waals surface area (Å²) < 4.78 is 36.0. The fourth-order valence-electron chi connectivity index (χ4n) is 0.714. The number of halogens is 3. The monoisotopic (exact) mass is 191 g/mol. The van der Waals surface area contributed by atoms with E-state index in [0.29, 0.717) is 4.90 Å². The maximum Gasteiger partial charge on any atom is 0.416 e. The lowest BCUT2D eigenvalue weighted by Crippen LogP contribution is -2.03. The van der Waals surface area contributed by atoms with E-state index in [1.807, 2.05) is 0 Å². The average Bonchev–Trinajstić information content (AvgIpc) is 2.03. The zero-order valence-electron chi connectivity index (χ0n) is 6.27. The van der Waals surface area contributed by atoms with Crippen LogP contribution >= 0.6 is 11.8 Å². The van der Waals surface area contributed by atoms with Crippen molar-refractivity contribution < 1.29 is 13.2 Å². The largest absolute Gasteiger partial charge is 0.416 e. The van der Waals surface area contributed by atoms with Crippen molar-refractivity contribution in [2.45, 2.75) is 11.1 Å². The number of alkyl halides is 3. The lowest BCUT2D eigenvalue weighted by molar-refractivity contribution is -0.137. The maximum atomic E-state index is 12.0. The molecule has 0 spiro atoms. The van der Waals surface area contributed by atoms with Gasteiger partial charge in [-0.3, -0.25) is 0 Å². The van der Waals surface area contributed by atoms with Crippen LogP contribution in [-0.2, 0) is 6.18 Å². The third kappa shape index (κ3) is 2.17. The number of rotatable bonds is 1. The highest BCUT2D eigenvalue weighted by Crippen LogP contribution is 2.29. The minimum Gasteiger partial charge on any atom is -0.166 e. The van der Waals surface area contributed by atoms with Crippen molar-refractivity contribution in [1.82, 2.24) is 0 Å². The molecule has 0 saturated carbocycles. The molecule has 0 aliphatic carbocycles. The molecule has 0 nitrogen and oxygen atoms in total. The second kappa shape index (κ2) is 3.39. The summed E-state index contributed by atoms with van der Waals surface area (Å²) >= 11 is 1.37. The van der Waals surface area contributed by atoms with Gasteiger partial charge in [0.25, 0.3) is 0 Å². The zero-order valence-corrected chi connectivity index (χ0v) is 7.09. The minimum atomic E-state index is -4.26. The van der Waals surface area contributed by atoms with Gasteiger partial charge in [0.15, 0.2) is 0 Å². The normalized spacial score (nSPS) is 11.7. The summed E-state index contributed by atoms with van der Waals surface area (Å²) in [7, 11) is 0. The van der Waals surface area contributed by atoms with Gasteiger partial charge in [-0.15, -0.1) is 11.8 Å². The van der Waals surface area contributed by atoms with Gasteiger partial charge in [0, 0.05) is 4.90 Å². The minimum absolute atomic E-state index is 0.653. The second-order valence-electron chi connectivity index (χ2n) is 2.14. The molecule has 65 valence electrons. The third-order valence-corrected chi connectivity index (χ3v) is 2.03. The van der Waals surface area contributed by atoms with Crippen LogP contribution in [0.2, 0.25) is 0 Å². The Hall–Kier alpha value is -0.640. The molecule has 12 heavy (non-hydrogen) atoms. The second-order valence-corrected chi connectivity index (χ2v) is 2.99. The topological polar surface area (TPSA) is 0 Å². The van der Waals surface area contributed by atoms with Crippen molar-refractivity contribution in [3.8, 4) is 0 Å². The number of benzene rings is 1. The molecular weight excluding hydrogens is 185 g/mol. The molecule has 0 amide bonds. The standard InChI is InChI=1S/C8H6F3S/c1-12-7-4-2-6(3-5-7)8(9,10)11/h2-4H,1H3. The van der Waals surface area contributed by atoms with E-state index in [1.54, 1.807) is 6.26 Å². The first-order valence-electron chi connectivity index (χ1n) is 3.17. The van der Waals surface area contributed by atoms with Crippen molar-refractivity contribution in [1.29, 1.82) is 0 Å². The Labute approximate surface area is 72.8 Å². The van der Waals surface area contributed by atoms with Gasteiger partial charge in [0.1, 0.15) is 0 Å². The zero-order chi connectivity index (χ0) is 9.19. The van der Waals surface area contributed by atoms with E-state index in [-0.39, 0.29) is 0 Å². The van der Waals surface area contributed by atoms with Gasteiger partial charge in [-0.2, -0.15) is 13.2 Å². The van der Waals surface area contributed by atoms with Gasteiger partial charge < -0.3 is 0 Å². The maximum absolute atomic E-state index is 12.0. The van der Waals surface area contributed by atoms with Gasteiger partial charge in [0.2, 0.25) is 0 Å². The smallest absolute Gasteiger partial charge is 0.166 e. The van der Waals surface area contributed by atoms with Crippen molar-refractivity contribution in [3.63, 3.8) is 0 Å². The van der Waals surface area contributed by atoms with Crippen LogP contribution in [0.3, 0.4) is 0 Å². The Morgan fingerprint density at radius 3 is 2.33 bits per heavy atom. The molecule has 0 aliphatic rings. The molecular formula is C8H6F3S. The molecule has 0 fully saturated rings. The Morgan fingerprint density at radius 2 is 2.00 bits per heavy atom. The molecule has 1 radical (unpaired) electrons. The van der Waals surface area contributed by atoms with Crippen LogP contribution in [0.25, 0.3) is 0 Å². The van der Waals surface area contributed by atoms with E-state index in [9.17, 15) is 13.2 Å². The molecule has 0 heterocycles. The summed E-state index contributed by atoms with van der Waals surface area (Å²) in [5, 5.41) is 0. The van der Waals surface area contributed by atoms with Gasteiger partial charge in [-0.25, -0.2) is 0 Å². The molecule has 0 N–H and O–H groups in total. The SMILES string of the molecule is CSc1[c]cc(C(F)(F)F)cc1. The van der Waals surface area contributed by atoms with E-state index in [2.05, 4.69) is 6.07 Å². The molecule has 0 saturated heterocycles. The summed E-state index contributed by atoms with van der Waals surface area (Å²) in [5.41, 5.74) is -0.653. The van der Waals surface area contributed by atoms with Crippen LogP contribution in [-0.4, -0.2) is 6.26 Å². The Bertz CT molecular complexity index is 250. The summed E-state index contributed by atoms with van der Waals surface area (Å²) in [4.78, 5) is 0.711. The van der Waals surface area contributed by atoms with Gasteiger partial charge in [-0.05, 0) is 30.5 Å². The molecule has 0 aromatic heterocycles. The molecule has 0 bridgehead atoms. The van der Waals surface area contributed by atoms with Crippen LogP contribution in [0.4, 0.5) is 13.2 Å². The van der Waals surface area contributed by atoms with Crippen LogP contribution < -0.4 is 0 Å². The first kappa shape index (κ1) is 9.45. The van der Waals surface area contributed by atoms with Crippen molar-refractivity contribution in [2.24, 2.45) is 0 Å². The van der Waals surface area contributed by atoms with E-state index in [0.717, 1.165) is 12.1 Å². The van der Waals surface area contributed by atoms with Crippen molar-refractivity contribution >= 4 is 11.8 Å². The molecule has 0 aliphatic heterocycles. The highest BCUT2D eigenvalue weighted by Gasteiger charge is 2.29. The third-order valence-electron chi connectivity index (χ3n) is 1.33. The van der Waals surface area contributed by atoms with Gasteiger partial charge in [-0.1, -0.05) is 0 Å². The van der Waals surface area contributed by atoms with E-state index in [4.69, 9.17) is 0 Å². The summed E-state index contributed by atoms with van der Waals surface area (Å²) in [6, 6.07) is 5.97. The Balaban J connectivity index is 2.93. The summed E-state index contributed by atoms with van der Waals surface area (Å²) in [6.45, 7) is 0. The number of hydrogen-bond acceptors (Lipinski definition) is 1. The first-order chi connectivity index (χ1) is 5.54. The molecule has 0 atom stereocenters. The highest BCUT2D eigenvalue weighted by atomic mass is 32.2. The van der Waals surface area contributed by atoms with Crippen LogP contribution in [0, 0.1) is 6.07 Å². The molecule has 1 aromatic rings. The number of hydrogen-bond donors (Lipinski definition) is 0. The Kier molecular flexibility index (Phi) is 2.67. The van der Waals surface area contributed by atoms with Gasteiger partial charge in [0.05, 0.1) is 5.56 Å². The average molecular weight is 191 g/mol. The molecule has 1 aromatic carbocycles. The highest BCUT2D eigenvalue weighted by molar-refractivity contribution is 7.98. The van der Waals surface area contributed by atoms with E-state index >= 15 is 0 Å². The molecule has 4 heteroatoms. The first-order valence-corrected chi connectivity index (χ1v) is 4.39. The number of thioether (sulfide) groups is 1. The summed E-state index contributed by atoms with van der Waals surface area (Å²) in [5.74, 6) is 0. The van der Waals surface area contributed by atoms with E-state index in [1.165, 1.54) is 17.8 Å². The van der Waals surface area contributed by atoms with Crippen molar-refractivity contribution in [2.75, 3.05) is 6.26 Å². The fraction of sp³-hybridized carbons (Fsp3) is 0.250. The molecule has 0 unspecified atom stereocenters. The lowest BCUT2D eigenvalue weighted by atomic mass is 10.2. The predicted octanol–water partition coefficient (Wildman–Crippen LogP) is 3.23. The summed E-state index contributed by atoms with van der Waals surface area (Å²) in [6.07, 6.45) is -2.47. The van der Waals surface area contributed by atoms with Crippen molar-refractivity contribution in [3.05, 3.63) is 29.8 Å². The predicted molar refractivity (Wildman–Crippen MR) is 42.1 cm³/mol. The van der Waals surface area contributed by atoms with E-state index < -0.39 is 11.7 Å². The quantitative estimate of drug-likeness (QED) is 0.614. The lowest BCUT2D eigenvalue weighted by Gasteiger charge is -2.05. The van der Waals surface area contributed by atoms with Gasteiger partial charge >= 0.3 is 6.18 Å².